The average molecular weight is 376 g/mol. The molecule has 0 bridgehead atoms. The Morgan fingerprint density at radius 3 is 2.96 bits per heavy atom. The topological polar surface area (TPSA) is 83.5 Å². The largest absolute Gasteiger partial charge is 0.458 e. The Kier molecular flexibility index (Phi) is 6.73. The lowest BCUT2D eigenvalue weighted by Crippen LogP contribution is -2.28. The van der Waals surface area contributed by atoms with Crippen molar-refractivity contribution in [3.63, 3.8) is 0 Å². The van der Waals surface area contributed by atoms with Crippen LogP contribution in [0.2, 0.25) is 0 Å². The van der Waals surface area contributed by atoms with Crippen LogP contribution in [0.1, 0.15) is 30.7 Å². The number of hydrogen-bond acceptors (Lipinski definition) is 7. The minimum Gasteiger partial charge on any atom is -0.458 e. The molecular weight excluding hydrogens is 352 g/mol. The summed E-state index contributed by atoms with van der Waals surface area (Å²) >= 11 is 0. The Bertz CT molecular complexity index is 698. The molecule has 2 aliphatic rings. The molecule has 1 aromatic carbocycles. The highest BCUT2D eigenvalue weighted by Gasteiger charge is 2.30. The molecule has 0 aliphatic carbocycles. The second-order valence-electron chi connectivity index (χ2n) is 6.22. The van der Waals surface area contributed by atoms with Gasteiger partial charge in [-0.25, -0.2) is 4.79 Å². The van der Waals surface area contributed by atoms with Crippen LogP contribution in [0.5, 0.6) is 11.5 Å². The van der Waals surface area contributed by atoms with E-state index in [1.54, 1.807) is 6.08 Å². The molecule has 2 atom stereocenters. The number of aliphatic hydroxyl groups excluding tert-OH is 1. The Labute approximate surface area is 158 Å². The number of aliphatic hydroxyl groups is 1. The lowest BCUT2D eigenvalue weighted by Gasteiger charge is -2.29. The van der Waals surface area contributed by atoms with Crippen LogP contribution in [0.4, 0.5) is 0 Å². The molecule has 7 heteroatoms. The standard InChI is InChI=1S/C20H24O7/c1-2-8-24-20(22)18-11-15(12-19(27-18)23-9-4-3-7-21)14-5-6-16-17(10-14)26-13-25-16/h2,5-6,10-11,15,19,21H,1,3-4,7-9,12-13H2/t15-,19?/m0/s1. The normalized spacial score (nSPS) is 20.6. The second kappa shape index (κ2) is 9.43. The molecule has 2 aliphatic heterocycles. The van der Waals surface area contributed by atoms with Crippen molar-refractivity contribution in [1.29, 1.82) is 0 Å². The maximum Gasteiger partial charge on any atom is 0.373 e. The molecule has 0 saturated carbocycles. The predicted octanol–water partition coefficient (Wildman–Crippen LogP) is 2.65. The first kappa shape index (κ1) is 19.3. The summed E-state index contributed by atoms with van der Waals surface area (Å²) in [6.45, 7) is 4.41. The molecule has 3 rings (SSSR count). The van der Waals surface area contributed by atoms with Gasteiger partial charge in [0.15, 0.2) is 11.5 Å². The van der Waals surface area contributed by atoms with E-state index < -0.39 is 12.3 Å². The number of allylic oxidation sites excluding steroid dienone is 1. The fourth-order valence-corrected chi connectivity index (χ4v) is 2.92. The van der Waals surface area contributed by atoms with Crippen molar-refractivity contribution in [3.05, 3.63) is 48.3 Å². The van der Waals surface area contributed by atoms with Crippen LogP contribution in [-0.4, -0.2) is 44.0 Å². The minimum absolute atomic E-state index is 0.0950. The Morgan fingerprint density at radius 2 is 2.15 bits per heavy atom. The number of ether oxygens (including phenoxy) is 5. The number of fused-ring (bicyclic) bond motifs is 1. The number of benzene rings is 1. The molecule has 0 aromatic heterocycles. The number of carbonyl (C=O) groups is 1. The predicted molar refractivity (Wildman–Crippen MR) is 96.3 cm³/mol. The maximum absolute atomic E-state index is 12.2. The Morgan fingerprint density at radius 1 is 1.30 bits per heavy atom. The first-order valence-electron chi connectivity index (χ1n) is 8.99. The van der Waals surface area contributed by atoms with E-state index in [1.165, 1.54) is 6.08 Å². The zero-order valence-electron chi connectivity index (χ0n) is 15.1. The SMILES string of the molecule is C=CCOC(=O)C1=C[C@H](c2ccc3c(c2)OCO3)CC(OCCCCO)O1. The molecule has 1 N–H and O–H groups in total. The summed E-state index contributed by atoms with van der Waals surface area (Å²) in [5.41, 5.74) is 0.973. The van der Waals surface area contributed by atoms with Crippen molar-refractivity contribution in [1.82, 2.24) is 0 Å². The van der Waals surface area contributed by atoms with Crippen molar-refractivity contribution < 1.29 is 33.6 Å². The summed E-state index contributed by atoms with van der Waals surface area (Å²) < 4.78 is 27.3. The first-order valence-corrected chi connectivity index (χ1v) is 8.99. The molecule has 0 spiro atoms. The van der Waals surface area contributed by atoms with E-state index in [0.29, 0.717) is 37.4 Å². The van der Waals surface area contributed by atoms with E-state index in [4.69, 9.17) is 28.8 Å². The van der Waals surface area contributed by atoms with Crippen LogP contribution in [-0.2, 0) is 19.0 Å². The lowest BCUT2D eigenvalue weighted by molar-refractivity contribution is -0.160. The third-order valence-corrected chi connectivity index (χ3v) is 4.27. The smallest absolute Gasteiger partial charge is 0.373 e. The van der Waals surface area contributed by atoms with Crippen LogP contribution in [0.25, 0.3) is 0 Å². The lowest BCUT2D eigenvalue weighted by atomic mass is 9.92. The van der Waals surface area contributed by atoms with Gasteiger partial charge in [-0.2, -0.15) is 0 Å². The van der Waals surface area contributed by atoms with Gasteiger partial charge in [-0.05, 0) is 36.6 Å². The third-order valence-electron chi connectivity index (χ3n) is 4.27. The highest BCUT2D eigenvalue weighted by Crippen LogP contribution is 2.38. The molecule has 27 heavy (non-hydrogen) atoms. The number of esters is 1. The van der Waals surface area contributed by atoms with Gasteiger partial charge in [0.1, 0.15) is 6.61 Å². The summed E-state index contributed by atoms with van der Waals surface area (Å²) in [4.78, 5) is 12.2. The van der Waals surface area contributed by atoms with Gasteiger partial charge in [0.2, 0.25) is 18.8 Å². The molecule has 1 aromatic rings. The van der Waals surface area contributed by atoms with Gasteiger partial charge in [-0.15, -0.1) is 0 Å². The molecule has 146 valence electrons. The van der Waals surface area contributed by atoms with Crippen LogP contribution in [0.15, 0.2) is 42.7 Å². The minimum atomic E-state index is -0.574. The molecule has 2 heterocycles. The summed E-state index contributed by atoms with van der Waals surface area (Å²) in [7, 11) is 0. The van der Waals surface area contributed by atoms with Gasteiger partial charge in [0.05, 0.1) is 6.61 Å². The highest BCUT2D eigenvalue weighted by atomic mass is 16.7. The molecule has 0 radical (unpaired) electrons. The zero-order valence-corrected chi connectivity index (χ0v) is 15.1. The van der Waals surface area contributed by atoms with Crippen LogP contribution in [0, 0.1) is 0 Å². The third kappa shape index (κ3) is 5.02. The van der Waals surface area contributed by atoms with Crippen molar-refractivity contribution in [3.8, 4) is 11.5 Å². The van der Waals surface area contributed by atoms with Gasteiger partial charge in [0, 0.05) is 18.9 Å². The molecule has 0 fully saturated rings. The Hall–Kier alpha value is -2.51. The summed E-state index contributed by atoms with van der Waals surface area (Å²) in [6.07, 6.45) is 4.59. The van der Waals surface area contributed by atoms with Gasteiger partial charge < -0.3 is 28.8 Å². The molecule has 7 nitrogen and oxygen atoms in total. The van der Waals surface area contributed by atoms with Crippen molar-refractivity contribution >= 4 is 5.97 Å². The monoisotopic (exact) mass is 376 g/mol. The van der Waals surface area contributed by atoms with Gasteiger partial charge >= 0.3 is 5.97 Å². The quantitative estimate of drug-likeness (QED) is 0.403. The molecular formula is C20H24O7. The van der Waals surface area contributed by atoms with Crippen LogP contribution in [0.3, 0.4) is 0 Å². The fourth-order valence-electron chi connectivity index (χ4n) is 2.92. The van der Waals surface area contributed by atoms with Gasteiger partial charge in [0.25, 0.3) is 0 Å². The first-order chi connectivity index (χ1) is 13.2. The van der Waals surface area contributed by atoms with Crippen LogP contribution < -0.4 is 9.47 Å². The van der Waals surface area contributed by atoms with Gasteiger partial charge in [-0.1, -0.05) is 18.7 Å². The average Bonchev–Trinajstić information content (AvgIpc) is 3.17. The van der Waals surface area contributed by atoms with E-state index in [9.17, 15) is 4.79 Å². The second-order valence-corrected chi connectivity index (χ2v) is 6.22. The summed E-state index contributed by atoms with van der Waals surface area (Å²) in [5.74, 6) is 0.866. The van der Waals surface area contributed by atoms with Crippen molar-refractivity contribution in [2.24, 2.45) is 0 Å². The van der Waals surface area contributed by atoms with E-state index in [2.05, 4.69) is 6.58 Å². The number of rotatable bonds is 9. The van der Waals surface area contributed by atoms with E-state index in [0.717, 1.165) is 5.56 Å². The van der Waals surface area contributed by atoms with Crippen molar-refractivity contribution in [2.45, 2.75) is 31.5 Å². The molecule has 1 unspecified atom stereocenters. The Balaban J connectivity index is 1.75. The summed E-state index contributed by atoms with van der Waals surface area (Å²) in [6, 6.07) is 5.70. The zero-order chi connectivity index (χ0) is 19.1. The van der Waals surface area contributed by atoms with Crippen molar-refractivity contribution in [2.75, 3.05) is 26.6 Å². The number of hydrogen-bond donors (Lipinski definition) is 1. The van der Waals surface area contributed by atoms with E-state index in [-0.39, 0.29) is 31.7 Å². The fraction of sp³-hybridized carbons (Fsp3) is 0.450. The highest BCUT2D eigenvalue weighted by molar-refractivity contribution is 5.86. The van der Waals surface area contributed by atoms with Gasteiger partial charge in [-0.3, -0.25) is 0 Å². The number of unbranched alkanes of at least 4 members (excludes halogenated alkanes) is 1. The summed E-state index contributed by atoms with van der Waals surface area (Å²) in [5, 5.41) is 8.88. The van der Waals surface area contributed by atoms with Crippen LogP contribution >= 0.6 is 0 Å². The van der Waals surface area contributed by atoms with E-state index >= 15 is 0 Å². The molecule has 0 saturated heterocycles. The number of carbonyl (C=O) groups excluding carboxylic acids is 1. The van der Waals surface area contributed by atoms with E-state index in [1.807, 2.05) is 18.2 Å². The molecule has 0 amide bonds. The maximum atomic E-state index is 12.2.